The molecular weight excluding hydrogens is 548 g/mol. The van der Waals surface area contributed by atoms with Crippen LogP contribution in [0.5, 0.6) is 0 Å². The third-order valence-corrected chi connectivity index (χ3v) is 10.2. The van der Waals surface area contributed by atoms with Gasteiger partial charge in [-0.25, -0.2) is 0 Å². The molecule has 10 rings (SSSR count). The molecule has 2 aromatic heterocycles. The lowest BCUT2D eigenvalue weighted by Crippen LogP contribution is -2.15. The van der Waals surface area contributed by atoms with E-state index in [1.165, 1.54) is 76.8 Å². The number of hydrogen-bond acceptors (Lipinski definition) is 2. The van der Waals surface area contributed by atoms with Gasteiger partial charge in [-0.1, -0.05) is 105 Å². The summed E-state index contributed by atoms with van der Waals surface area (Å²) < 4.78 is 12.1. The summed E-state index contributed by atoms with van der Waals surface area (Å²) in [7, 11) is 0. The second-order valence-corrected chi connectivity index (χ2v) is 12.9. The molecule has 212 valence electrons. The van der Waals surface area contributed by atoms with Crippen LogP contribution < -0.4 is 0 Å². The van der Waals surface area contributed by atoms with E-state index in [0.717, 1.165) is 22.1 Å². The zero-order valence-corrected chi connectivity index (χ0v) is 25.0. The molecule has 0 fully saturated rings. The van der Waals surface area contributed by atoms with E-state index in [1.54, 1.807) is 6.26 Å². The molecule has 2 heterocycles. The van der Waals surface area contributed by atoms with Gasteiger partial charge < -0.3 is 8.83 Å². The third kappa shape index (κ3) is 3.29. The van der Waals surface area contributed by atoms with Gasteiger partial charge in [-0.05, 0) is 102 Å². The molecule has 0 radical (unpaired) electrons. The van der Waals surface area contributed by atoms with Gasteiger partial charge in [-0.2, -0.15) is 0 Å². The van der Waals surface area contributed by atoms with Crippen LogP contribution in [-0.4, -0.2) is 0 Å². The van der Waals surface area contributed by atoms with Crippen molar-refractivity contribution in [1.29, 1.82) is 0 Å². The Labute approximate surface area is 260 Å². The Bertz CT molecular complexity index is 2620. The molecule has 0 unspecified atom stereocenters. The van der Waals surface area contributed by atoms with Gasteiger partial charge in [0.2, 0.25) is 0 Å². The lowest BCUT2D eigenvalue weighted by molar-refractivity contribution is 0.616. The number of hydrogen-bond donors (Lipinski definition) is 0. The highest BCUT2D eigenvalue weighted by molar-refractivity contribution is 6.23. The molecule has 2 heteroatoms. The van der Waals surface area contributed by atoms with Crippen LogP contribution in [0.4, 0.5) is 0 Å². The van der Waals surface area contributed by atoms with Gasteiger partial charge in [0.15, 0.2) is 0 Å². The Morgan fingerprint density at radius 3 is 1.82 bits per heavy atom. The van der Waals surface area contributed by atoms with E-state index in [2.05, 4.69) is 129 Å². The van der Waals surface area contributed by atoms with E-state index in [0.29, 0.717) is 0 Å². The molecule has 0 saturated heterocycles. The fourth-order valence-corrected chi connectivity index (χ4v) is 8.05. The summed E-state index contributed by atoms with van der Waals surface area (Å²) in [5, 5.41) is 8.48. The van der Waals surface area contributed by atoms with Crippen molar-refractivity contribution >= 4 is 54.5 Å². The quantitative estimate of drug-likeness (QED) is 0.191. The number of furan rings is 2. The smallest absolute Gasteiger partial charge is 0.135 e. The average Bonchev–Trinajstić information content (AvgIpc) is 3.76. The Kier molecular flexibility index (Phi) is 4.82. The minimum Gasteiger partial charge on any atom is -0.464 e. The van der Waals surface area contributed by atoms with Gasteiger partial charge in [0, 0.05) is 21.6 Å². The highest BCUT2D eigenvalue weighted by atomic mass is 16.3. The average molecular weight is 577 g/mol. The first-order chi connectivity index (χ1) is 22.1. The predicted molar refractivity (Wildman–Crippen MR) is 187 cm³/mol. The molecule has 0 amide bonds. The summed E-state index contributed by atoms with van der Waals surface area (Å²) in [6.45, 7) is 4.70. The fraction of sp³-hybridized carbons (Fsp3) is 0.0698. The van der Waals surface area contributed by atoms with Crippen LogP contribution in [0.1, 0.15) is 25.0 Å². The maximum atomic E-state index is 6.32. The Balaban J connectivity index is 1.24. The van der Waals surface area contributed by atoms with Crippen molar-refractivity contribution in [3.05, 3.63) is 145 Å². The van der Waals surface area contributed by atoms with Gasteiger partial charge in [-0.15, -0.1) is 0 Å². The number of rotatable bonds is 2. The SMILES string of the molecule is CC1(C)c2cc(-c3c4ccccc4c(-c4cccc5occc45)c4ccccc34)ccc2-c2cc3c(cc21)oc1ccccc13. The van der Waals surface area contributed by atoms with E-state index in [9.17, 15) is 0 Å². The van der Waals surface area contributed by atoms with Crippen molar-refractivity contribution < 1.29 is 8.83 Å². The highest BCUT2D eigenvalue weighted by Gasteiger charge is 2.37. The van der Waals surface area contributed by atoms with Crippen LogP contribution in [0.2, 0.25) is 0 Å². The van der Waals surface area contributed by atoms with Crippen LogP contribution in [0.25, 0.3) is 87.8 Å². The van der Waals surface area contributed by atoms with Crippen LogP contribution in [0.3, 0.4) is 0 Å². The fourth-order valence-electron chi connectivity index (χ4n) is 8.05. The normalized spacial score (nSPS) is 13.7. The summed E-state index contributed by atoms with van der Waals surface area (Å²) in [4.78, 5) is 0. The zero-order chi connectivity index (χ0) is 29.9. The van der Waals surface area contributed by atoms with Gasteiger partial charge >= 0.3 is 0 Å². The molecular formula is C43H28O2. The molecule has 0 bridgehead atoms. The van der Waals surface area contributed by atoms with Crippen LogP contribution in [0.15, 0.2) is 142 Å². The molecule has 0 atom stereocenters. The van der Waals surface area contributed by atoms with Crippen molar-refractivity contribution in [3.8, 4) is 33.4 Å². The zero-order valence-electron chi connectivity index (χ0n) is 25.0. The Morgan fingerprint density at radius 1 is 0.422 bits per heavy atom. The van der Waals surface area contributed by atoms with Crippen molar-refractivity contribution in [2.45, 2.75) is 19.3 Å². The summed E-state index contributed by atoms with van der Waals surface area (Å²) in [5.41, 5.74) is 12.9. The second-order valence-electron chi connectivity index (χ2n) is 12.9. The van der Waals surface area contributed by atoms with Crippen molar-refractivity contribution in [2.75, 3.05) is 0 Å². The summed E-state index contributed by atoms with van der Waals surface area (Å²) >= 11 is 0. The molecule has 7 aromatic carbocycles. The number of fused-ring (bicyclic) bond motifs is 9. The first-order valence-corrected chi connectivity index (χ1v) is 15.6. The first kappa shape index (κ1) is 24.8. The van der Waals surface area contributed by atoms with Crippen molar-refractivity contribution in [3.63, 3.8) is 0 Å². The number of para-hydroxylation sites is 1. The molecule has 1 aliphatic rings. The lowest BCUT2D eigenvalue weighted by atomic mass is 9.80. The maximum absolute atomic E-state index is 6.32. The molecule has 0 saturated carbocycles. The summed E-state index contributed by atoms with van der Waals surface area (Å²) in [6, 6.07) is 46.3. The maximum Gasteiger partial charge on any atom is 0.135 e. The van der Waals surface area contributed by atoms with Gasteiger partial charge in [0.1, 0.15) is 16.7 Å². The predicted octanol–water partition coefficient (Wildman–Crippen LogP) is 12.3. The van der Waals surface area contributed by atoms with Crippen LogP contribution in [-0.2, 0) is 5.41 Å². The first-order valence-electron chi connectivity index (χ1n) is 15.6. The van der Waals surface area contributed by atoms with E-state index in [-0.39, 0.29) is 5.41 Å². The molecule has 9 aromatic rings. The van der Waals surface area contributed by atoms with E-state index < -0.39 is 0 Å². The Morgan fingerprint density at radius 2 is 1.07 bits per heavy atom. The topological polar surface area (TPSA) is 26.3 Å². The van der Waals surface area contributed by atoms with E-state index in [4.69, 9.17) is 8.83 Å². The van der Waals surface area contributed by atoms with Crippen LogP contribution >= 0.6 is 0 Å². The lowest BCUT2D eigenvalue weighted by Gasteiger charge is -2.23. The molecule has 0 aliphatic heterocycles. The summed E-state index contributed by atoms with van der Waals surface area (Å²) in [5.74, 6) is 0. The van der Waals surface area contributed by atoms with Crippen molar-refractivity contribution in [1.82, 2.24) is 0 Å². The molecule has 1 aliphatic carbocycles. The monoisotopic (exact) mass is 576 g/mol. The minimum absolute atomic E-state index is 0.170. The standard InChI is InChI=1S/C43H28O2/c1-43(2)36-22-25(18-19-26(36)34-23-35-27-10-7-8-16-39(27)45-40(35)24-37(34)43)41-30-11-3-5-13-32(30)42(33-14-6-4-12-31(33)41)29-15-9-17-38-28(29)20-21-44-38/h3-24H,1-2H3. The number of benzene rings is 7. The molecule has 0 N–H and O–H groups in total. The Hall–Kier alpha value is -5.60. The van der Waals surface area contributed by atoms with E-state index in [1.807, 2.05) is 12.1 Å². The molecule has 2 nitrogen and oxygen atoms in total. The van der Waals surface area contributed by atoms with Gasteiger partial charge in [-0.3, -0.25) is 0 Å². The van der Waals surface area contributed by atoms with Crippen LogP contribution in [0, 0.1) is 0 Å². The largest absolute Gasteiger partial charge is 0.464 e. The van der Waals surface area contributed by atoms with Gasteiger partial charge in [0.05, 0.1) is 6.26 Å². The molecule has 45 heavy (non-hydrogen) atoms. The minimum atomic E-state index is -0.170. The third-order valence-electron chi connectivity index (χ3n) is 10.2. The highest BCUT2D eigenvalue weighted by Crippen LogP contribution is 2.53. The summed E-state index contributed by atoms with van der Waals surface area (Å²) in [6.07, 6.45) is 1.79. The van der Waals surface area contributed by atoms with Gasteiger partial charge in [0.25, 0.3) is 0 Å². The van der Waals surface area contributed by atoms with Crippen molar-refractivity contribution in [2.24, 2.45) is 0 Å². The van der Waals surface area contributed by atoms with E-state index >= 15 is 0 Å². The molecule has 0 spiro atoms. The second kappa shape index (κ2) is 8.74.